The lowest BCUT2D eigenvalue weighted by molar-refractivity contribution is 0.411. The van der Waals surface area contributed by atoms with Gasteiger partial charge in [-0.2, -0.15) is 5.10 Å². The van der Waals surface area contributed by atoms with Gasteiger partial charge in [-0.15, -0.1) is 0 Å². The van der Waals surface area contributed by atoms with Gasteiger partial charge in [-0.1, -0.05) is 0 Å². The van der Waals surface area contributed by atoms with Gasteiger partial charge < -0.3 is 4.74 Å². The largest absolute Gasteiger partial charge is 0.496 e. The molecule has 2 rings (SSSR count). The summed E-state index contributed by atoms with van der Waals surface area (Å²) in [5.74, 6) is 0.681. The molecule has 0 saturated carbocycles. The predicted octanol–water partition coefficient (Wildman–Crippen LogP) is 3.18. The first-order valence-electron chi connectivity index (χ1n) is 8.33. The van der Waals surface area contributed by atoms with Crippen LogP contribution in [-0.2, 0) is 16.6 Å². The van der Waals surface area contributed by atoms with Crippen molar-refractivity contribution in [3.8, 4) is 5.75 Å². The number of rotatable bonds is 6. The van der Waals surface area contributed by atoms with Crippen molar-refractivity contribution in [2.75, 3.05) is 7.11 Å². The summed E-state index contributed by atoms with van der Waals surface area (Å²) in [6, 6.07) is 3.03. The van der Waals surface area contributed by atoms with Crippen LogP contribution in [0.1, 0.15) is 48.0 Å². The molecule has 0 aliphatic rings. The smallest absolute Gasteiger partial charge is 0.241 e. The second-order valence-electron chi connectivity index (χ2n) is 6.33. The van der Waals surface area contributed by atoms with E-state index in [2.05, 4.69) is 9.82 Å². The molecule has 6 nitrogen and oxygen atoms in total. The third-order valence-corrected chi connectivity index (χ3v) is 6.17. The van der Waals surface area contributed by atoms with E-state index in [1.54, 1.807) is 26.2 Å². The fourth-order valence-corrected chi connectivity index (χ4v) is 4.80. The van der Waals surface area contributed by atoms with E-state index in [9.17, 15) is 8.42 Å². The number of benzene rings is 1. The lowest BCUT2D eigenvalue weighted by atomic mass is 10.1. The number of hydrogen-bond acceptors (Lipinski definition) is 4. The van der Waals surface area contributed by atoms with Gasteiger partial charge in [0, 0.05) is 23.8 Å². The third-order valence-electron chi connectivity index (χ3n) is 4.48. The van der Waals surface area contributed by atoms with E-state index in [0.717, 1.165) is 29.1 Å². The summed E-state index contributed by atoms with van der Waals surface area (Å²) in [4.78, 5) is 0.274. The molecule has 0 spiro atoms. The summed E-state index contributed by atoms with van der Waals surface area (Å²) in [5.41, 5.74) is 4.19. The molecule has 0 amide bonds. The molecule has 0 aliphatic heterocycles. The van der Waals surface area contributed by atoms with E-state index in [1.807, 2.05) is 39.3 Å². The molecule has 7 heteroatoms. The van der Waals surface area contributed by atoms with Crippen LogP contribution in [-0.4, -0.2) is 25.3 Å². The molecular weight excluding hydrogens is 338 g/mol. The van der Waals surface area contributed by atoms with Gasteiger partial charge >= 0.3 is 0 Å². The molecular formula is C18H27N3O3S. The molecule has 0 unspecified atom stereocenters. The quantitative estimate of drug-likeness (QED) is 0.853. The van der Waals surface area contributed by atoms with E-state index in [4.69, 9.17) is 4.74 Å². The van der Waals surface area contributed by atoms with Crippen LogP contribution in [0.4, 0.5) is 0 Å². The van der Waals surface area contributed by atoms with Crippen LogP contribution in [0.15, 0.2) is 17.0 Å². The Morgan fingerprint density at radius 2 is 1.84 bits per heavy atom. The van der Waals surface area contributed by atoms with Gasteiger partial charge in [0.15, 0.2) is 0 Å². The monoisotopic (exact) mass is 365 g/mol. The van der Waals surface area contributed by atoms with Crippen LogP contribution in [0.2, 0.25) is 0 Å². The summed E-state index contributed by atoms with van der Waals surface area (Å²) >= 11 is 0. The van der Waals surface area contributed by atoms with Crippen molar-refractivity contribution in [1.29, 1.82) is 0 Å². The molecule has 1 aromatic heterocycles. The Hall–Kier alpha value is -1.86. The second-order valence-corrected chi connectivity index (χ2v) is 8.01. The van der Waals surface area contributed by atoms with E-state index in [-0.39, 0.29) is 10.9 Å². The van der Waals surface area contributed by atoms with Gasteiger partial charge in [-0.3, -0.25) is 4.68 Å². The number of nitrogens with zero attached hydrogens (tertiary/aromatic N) is 2. The minimum Gasteiger partial charge on any atom is -0.496 e. The van der Waals surface area contributed by atoms with Crippen molar-refractivity contribution in [2.24, 2.45) is 0 Å². The van der Waals surface area contributed by atoms with Gasteiger partial charge in [0.25, 0.3) is 0 Å². The van der Waals surface area contributed by atoms with E-state index >= 15 is 0 Å². The number of sulfonamides is 1. The standard InChI is InChI=1S/C18H27N3O3S/c1-8-21-15(6)18(13(4)19-21)14(5)20-25(22,23)17-10-11(2)16(24-7)9-12(17)3/h9-10,14,20H,8H2,1-7H3/t14-/m1/s1. The Bertz CT molecular complexity index is 885. The lowest BCUT2D eigenvalue weighted by Gasteiger charge is -2.17. The highest BCUT2D eigenvalue weighted by atomic mass is 32.2. The Morgan fingerprint density at radius 1 is 1.20 bits per heavy atom. The van der Waals surface area contributed by atoms with E-state index in [1.165, 1.54) is 0 Å². The Kier molecular flexibility index (Phi) is 5.58. The molecule has 2 aromatic rings. The van der Waals surface area contributed by atoms with Crippen molar-refractivity contribution in [1.82, 2.24) is 14.5 Å². The molecule has 0 radical (unpaired) electrons. The lowest BCUT2D eigenvalue weighted by Crippen LogP contribution is -2.28. The van der Waals surface area contributed by atoms with E-state index < -0.39 is 10.0 Å². The molecule has 0 saturated heterocycles. The average Bonchev–Trinajstić information content (AvgIpc) is 2.82. The van der Waals surface area contributed by atoms with Crippen LogP contribution in [0, 0.1) is 27.7 Å². The van der Waals surface area contributed by atoms with Crippen LogP contribution in [0.3, 0.4) is 0 Å². The summed E-state index contributed by atoms with van der Waals surface area (Å²) < 4.78 is 35.8. The number of nitrogens with one attached hydrogen (secondary N) is 1. The number of aromatic nitrogens is 2. The van der Waals surface area contributed by atoms with Crippen LogP contribution in [0.5, 0.6) is 5.75 Å². The fraction of sp³-hybridized carbons (Fsp3) is 0.500. The first-order chi connectivity index (χ1) is 11.6. The summed E-state index contributed by atoms with van der Waals surface area (Å²) in [6.45, 7) is 12.1. The van der Waals surface area contributed by atoms with Crippen molar-refractivity contribution >= 4 is 10.0 Å². The molecule has 1 aromatic carbocycles. The molecule has 138 valence electrons. The second kappa shape index (κ2) is 7.17. The molecule has 0 bridgehead atoms. The van der Waals surface area contributed by atoms with E-state index in [0.29, 0.717) is 11.3 Å². The maximum atomic E-state index is 12.9. The number of ether oxygens (including phenoxy) is 1. The van der Waals surface area contributed by atoms with Crippen LogP contribution < -0.4 is 9.46 Å². The zero-order valence-electron chi connectivity index (χ0n) is 16.0. The number of methoxy groups -OCH3 is 1. The number of aryl methyl sites for hydroxylation is 4. The molecule has 1 atom stereocenters. The maximum Gasteiger partial charge on any atom is 0.241 e. The predicted molar refractivity (Wildman–Crippen MR) is 98.6 cm³/mol. The molecule has 1 heterocycles. The van der Waals surface area contributed by atoms with Gasteiger partial charge in [0.2, 0.25) is 10.0 Å². The van der Waals surface area contributed by atoms with Gasteiger partial charge in [0.05, 0.1) is 17.7 Å². The summed E-state index contributed by atoms with van der Waals surface area (Å²) in [6.07, 6.45) is 0. The van der Waals surface area contributed by atoms with Crippen molar-refractivity contribution in [2.45, 2.75) is 59.0 Å². The summed E-state index contributed by atoms with van der Waals surface area (Å²) in [7, 11) is -2.08. The van der Waals surface area contributed by atoms with Gasteiger partial charge in [0.1, 0.15) is 5.75 Å². The average molecular weight is 365 g/mol. The van der Waals surface area contributed by atoms with Crippen molar-refractivity contribution in [3.05, 3.63) is 40.2 Å². The SMILES string of the molecule is CCn1nc(C)c([C@@H](C)NS(=O)(=O)c2cc(C)c(OC)cc2C)c1C. The molecule has 0 fully saturated rings. The Morgan fingerprint density at radius 3 is 2.36 bits per heavy atom. The number of hydrogen-bond donors (Lipinski definition) is 1. The zero-order chi connectivity index (χ0) is 18.9. The maximum absolute atomic E-state index is 12.9. The normalized spacial score (nSPS) is 13.1. The van der Waals surface area contributed by atoms with Gasteiger partial charge in [-0.05, 0) is 64.8 Å². The topological polar surface area (TPSA) is 73.2 Å². The third kappa shape index (κ3) is 3.72. The Labute approximate surface area is 150 Å². The van der Waals surface area contributed by atoms with Crippen LogP contribution in [0.25, 0.3) is 0 Å². The van der Waals surface area contributed by atoms with Crippen LogP contribution >= 0.6 is 0 Å². The van der Waals surface area contributed by atoms with Crippen molar-refractivity contribution < 1.29 is 13.2 Å². The fourth-order valence-electron chi connectivity index (χ4n) is 3.27. The highest BCUT2D eigenvalue weighted by molar-refractivity contribution is 7.89. The Balaban J connectivity index is 2.39. The molecule has 25 heavy (non-hydrogen) atoms. The highest BCUT2D eigenvalue weighted by Gasteiger charge is 2.25. The first kappa shape index (κ1) is 19.5. The molecule has 1 N–H and O–H groups in total. The first-order valence-corrected chi connectivity index (χ1v) is 9.82. The summed E-state index contributed by atoms with van der Waals surface area (Å²) in [5, 5.41) is 4.47. The highest BCUT2D eigenvalue weighted by Crippen LogP contribution is 2.28. The minimum atomic E-state index is -3.66. The van der Waals surface area contributed by atoms with Gasteiger partial charge in [-0.25, -0.2) is 13.1 Å². The zero-order valence-corrected chi connectivity index (χ0v) is 16.8. The minimum absolute atomic E-state index is 0.274. The van der Waals surface area contributed by atoms with Crippen molar-refractivity contribution in [3.63, 3.8) is 0 Å². The molecule has 0 aliphatic carbocycles.